The maximum atomic E-state index is 12.6. The summed E-state index contributed by atoms with van der Waals surface area (Å²) in [5.41, 5.74) is 0.632. The van der Waals surface area contributed by atoms with Crippen molar-refractivity contribution in [2.45, 2.75) is 45.5 Å². The van der Waals surface area contributed by atoms with Crippen LogP contribution in [0.3, 0.4) is 0 Å². The maximum absolute atomic E-state index is 12.6. The predicted molar refractivity (Wildman–Crippen MR) is 102 cm³/mol. The normalized spacial score (nSPS) is 20.3. The van der Waals surface area contributed by atoms with Gasteiger partial charge in [-0.3, -0.25) is 9.59 Å². The highest BCUT2D eigenvalue weighted by molar-refractivity contribution is 5.84. The summed E-state index contributed by atoms with van der Waals surface area (Å²) in [5.74, 6) is 0.612. The van der Waals surface area contributed by atoms with Gasteiger partial charge in [-0.25, -0.2) is 0 Å². The zero-order valence-electron chi connectivity index (χ0n) is 17.3. The van der Waals surface area contributed by atoms with Crippen LogP contribution in [0.15, 0.2) is 12.1 Å². The van der Waals surface area contributed by atoms with Crippen LogP contribution in [0.25, 0.3) is 0 Å². The number of nitrogens with zero attached hydrogens (tertiary/aromatic N) is 1. The summed E-state index contributed by atoms with van der Waals surface area (Å²) < 4.78 is 26.8. The molecule has 28 heavy (non-hydrogen) atoms. The minimum Gasteiger partial charge on any atom is -0.493 e. The van der Waals surface area contributed by atoms with E-state index in [1.807, 2.05) is 13.8 Å². The Morgan fingerprint density at radius 2 is 1.61 bits per heavy atom. The number of esters is 1. The number of carbonyl (C=O) groups excluding carboxylic acids is 2. The van der Waals surface area contributed by atoms with Gasteiger partial charge in [0.15, 0.2) is 17.6 Å². The van der Waals surface area contributed by atoms with Crippen LogP contribution in [0.2, 0.25) is 0 Å². The quantitative estimate of drug-likeness (QED) is 0.651. The first-order valence-electron chi connectivity index (χ1n) is 9.21. The van der Waals surface area contributed by atoms with Crippen molar-refractivity contribution in [2.24, 2.45) is 0 Å². The van der Waals surface area contributed by atoms with E-state index >= 15 is 0 Å². The molecule has 1 heterocycles. The summed E-state index contributed by atoms with van der Waals surface area (Å²) in [5, 5.41) is 0. The first kappa shape index (κ1) is 21.8. The molecule has 1 saturated heterocycles. The third kappa shape index (κ3) is 5.28. The minimum absolute atomic E-state index is 0.0236. The van der Waals surface area contributed by atoms with Crippen molar-refractivity contribution in [1.82, 2.24) is 4.90 Å². The highest BCUT2D eigenvalue weighted by Gasteiger charge is 2.30. The number of methoxy groups -OCH3 is 3. The van der Waals surface area contributed by atoms with E-state index in [4.69, 9.17) is 23.7 Å². The topological polar surface area (TPSA) is 83.5 Å². The van der Waals surface area contributed by atoms with Crippen molar-refractivity contribution in [1.29, 1.82) is 0 Å². The molecular formula is C20H29NO7. The van der Waals surface area contributed by atoms with Crippen LogP contribution in [0, 0.1) is 0 Å². The molecule has 0 aliphatic carbocycles. The smallest absolute Gasteiger partial charge is 0.311 e. The lowest BCUT2D eigenvalue weighted by Gasteiger charge is -2.36. The van der Waals surface area contributed by atoms with E-state index in [1.54, 1.807) is 24.0 Å². The third-order valence-corrected chi connectivity index (χ3v) is 4.46. The second kappa shape index (κ2) is 9.64. The summed E-state index contributed by atoms with van der Waals surface area (Å²) in [7, 11) is 4.52. The maximum Gasteiger partial charge on any atom is 0.311 e. The Hall–Kier alpha value is -2.48. The number of ether oxygens (including phenoxy) is 5. The van der Waals surface area contributed by atoms with Crippen LogP contribution in [0.4, 0.5) is 0 Å². The Morgan fingerprint density at radius 1 is 1.07 bits per heavy atom. The van der Waals surface area contributed by atoms with Gasteiger partial charge in [0.05, 0.1) is 40.0 Å². The lowest BCUT2D eigenvalue weighted by Crippen LogP contribution is -2.51. The highest BCUT2D eigenvalue weighted by atomic mass is 16.5. The molecule has 0 radical (unpaired) electrons. The first-order chi connectivity index (χ1) is 13.3. The van der Waals surface area contributed by atoms with Crippen molar-refractivity contribution in [3.8, 4) is 17.2 Å². The Labute approximate surface area is 165 Å². The van der Waals surface area contributed by atoms with Crippen LogP contribution in [-0.4, -0.2) is 69.5 Å². The summed E-state index contributed by atoms with van der Waals surface area (Å²) in [4.78, 5) is 26.6. The largest absolute Gasteiger partial charge is 0.493 e. The van der Waals surface area contributed by atoms with Gasteiger partial charge in [0, 0.05) is 13.1 Å². The van der Waals surface area contributed by atoms with Gasteiger partial charge in [0.2, 0.25) is 5.75 Å². The van der Waals surface area contributed by atoms with Crippen molar-refractivity contribution >= 4 is 11.9 Å². The Morgan fingerprint density at radius 3 is 2.07 bits per heavy atom. The van der Waals surface area contributed by atoms with Crippen LogP contribution >= 0.6 is 0 Å². The number of carbonyl (C=O) groups is 2. The highest BCUT2D eigenvalue weighted by Crippen LogP contribution is 2.38. The molecule has 1 aliphatic heterocycles. The number of rotatable bonds is 7. The van der Waals surface area contributed by atoms with E-state index in [2.05, 4.69) is 0 Å². The van der Waals surface area contributed by atoms with Crippen LogP contribution in [-0.2, 0) is 25.5 Å². The summed E-state index contributed by atoms with van der Waals surface area (Å²) in [6, 6.07) is 3.36. The predicted octanol–water partition coefficient (Wildman–Crippen LogP) is 1.82. The Balaban J connectivity index is 2.02. The van der Waals surface area contributed by atoms with Crippen LogP contribution in [0.5, 0.6) is 17.2 Å². The summed E-state index contributed by atoms with van der Waals surface area (Å²) in [6.45, 7) is 6.38. The molecule has 1 aromatic rings. The minimum atomic E-state index is -0.868. The zero-order valence-corrected chi connectivity index (χ0v) is 17.3. The molecule has 8 nitrogen and oxygen atoms in total. The lowest BCUT2D eigenvalue weighted by atomic mass is 10.1. The van der Waals surface area contributed by atoms with Gasteiger partial charge >= 0.3 is 5.97 Å². The molecule has 0 bridgehead atoms. The molecule has 1 aliphatic rings. The van der Waals surface area contributed by atoms with E-state index in [0.717, 1.165) is 0 Å². The molecule has 1 fully saturated rings. The summed E-state index contributed by atoms with van der Waals surface area (Å²) >= 11 is 0. The monoisotopic (exact) mass is 395 g/mol. The van der Waals surface area contributed by atoms with Gasteiger partial charge in [0.25, 0.3) is 5.91 Å². The van der Waals surface area contributed by atoms with Crippen molar-refractivity contribution < 1.29 is 33.3 Å². The second-order valence-corrected chi connectivity index (χ2v) is 6.84. The second-order valence-electron chi connectivity index (χ2n) is 6.84. The molecule has 1 aromatic carbocycles. The molecule has 3 unspecified atom stereocenters. The molecule has 156 valence electrons. The molecule has 0 aromatic heterocycles. The van der Waals surface area contributed by atoms with Gasteiger partial charge in [-0.2, -0.15) is 0 Å². The number of amides is 1. The number of benzene rings is 1. The van der Waals surface area contributed by atoms with Crippen LogP contribution < -0.4 is 14.2 Å². The fraction of sp³-hybridized carbons (Fsp3) is 0.600. The lowest BCUT2D eigenvalue weighted by molar-refractivity contribution is -0.164. The van der Waals surface area contributed by atoms with Gasteiger partial charge in [-0.1, -0.05) is 0 Å². The van der Waals surface area contributed by atoms with E-state index in [-0.39, 0.29) is 24.5 Å². The van der Waals surface area contributed by atoms with Gasteiger partial charge in [-0.05, 0) is 38.5 Å². The number of hydrogen-bond donors (Lipinski definition) is 0. The van der Waals surface area contributed by atoms with Crippen molar-refractivity contribution in [2.75, 3.05) is 34.4 Å². The molecular weight excluding hydrogens is 366 g/mol. The Bertz CT molecular complexity index is 671. The van der Waals surface area contributed by atoms with Gasteiger partial charge < -0.3 is 28.6 Å². The van der Waals surface area contributed by atoms with Gasteiger partial charge in [-0.15, -0.1) is 0 Å². The summed E-state index contributed by atoms with van der Waals surface area (Å²) in [6.07, 6.45) is -0.985. The zero-order chi connectivity index (χ0) is 20.8. The molecule has 3 atom stereocenters. The number of morpholine rings is 1. The van der Waals surface area contributed by atoms with E-state index < -0.39 is 12.1 Å². The van der Waals surface area contributed by atoms with E-state index in [9.17, 15) is 9.59 Å². The number of hydrogen-bond acceptors (Lipinski definition) is 7. The van der Waals surface area contributed by atoms with Gasteiger partial charge in [0.1, 0.15) is 0 Å². The molecule has 0 saturated carbocycles. The molecule has 0 N–H and O–H groups in total. The third-order valence-electron chi connectivity index (χ3n) is 4.46. The SMILES string of the molecule is COc1cc(CC(=O)OC(C)C(=O)N2CC(C)OC(C)C2)cc(OC)c1OC. The fourth-order valence-corrected chi connectivity index (χ4v) is 3.31. The molecule has 2 rings (SSSR count). The first-order valence-corrected chi connectivity index (χ1v) is 9.21. The Kier molecular flexibility index (Phi) is 7.51. The standard InChI is InChI=1S/C20H29NO7/c1-12-10-21(11-13(2)27-12)20(23)14(3)28-18(22)9-15-7-16(24-4)19(26-6)17(8-15)25-5/h7-8,12-14H,9-11H2,1-6H3. The van der Waals surface area contributed by atoms with E-state index in [0.29, 0.717) is 35.9 Å². The molecule has 1 amide bonds. The van der Waals surface area contributed by atoms with Crippen molar-refractivity contribution in [3.63, 3.8) is 0 Å². The molecule has 8 heteroatoms. The average Bonchev–Trinajstić information content (AvgIpc) is 2.65. The average molecular weight is 395 g/mol. The fourth-order valence-electron chi connectivity index (χ4n) is 3.31. The van der Waals surface area contributed by atoms with Crippen molar-refractivity contribution in [3.05, 3.63) is 17.7 Å². The van der Waals surface area contributed by atoms with Crippen LogP contribution in [0.1, 0.15) is 26.3 Å². The van der Waals surface area contributed by atoms with E-state index in [1.165, 1.54) is 21.3 Å². The molecule has 0 spiro atoms.